The molecule has 2 aliphatic heterocycles. The minimum atomic E-state index is -3.82. The highest BCUT2D eigenvalue weighted by atomic mass is 32.2. The van der Waals surface area contributed by atoms with Gasteiger partial charge in [0, 0.05) is 32.2 Å². The van der Waals surface area contributed by atoms with Crippen LogP contribution in [0.2, 0.25) is 0 Å². The van der Waals surface area contributed by atoms with Crippen LogP contribution in [0, 0.1) is 0 Å². The van der Waals surface area contributed by atoms with Crippen LogP contribution in [0.4, 0.5) is 0 Å². The Morgan fingerprint density at radius 3 is 2.39 bits per heavy atom. The molecule has 0 unspecified atom stereocenters. The predicted molar refractivity (Wildman–Crippen MR) is 123 cm³/mol. The minimum absolute atomic E-state index is 0.173. The Hall–Kier alpha value is -2.17. The van der Waals surface area contributed by atoms with Crippen LogP contribution >= 0.6 is 0 Å². The molecule has 178 valence electrons. The summed E-state index contributed by atoms with van der Waals surface area (Å²) >= 11 is 0. The molecular formula is C23H28N2O6S2. The number of hydrogen-bond acceptors (Lipinski definition) is 7. The fourth-order valence-corrected chi connectivity index (χ4v) is 10.2. The summed E-state index contributed by atoms with van der Waals surface area (Å²) in [5.74, 6) is -0.479. The lowest BCUT2D eigenvalue weighted by Crippen LogP contribution is -2.55. The van der Waals surface area contributed by atoms with E-state index >= 15 is 0 Å². The van der Waals surface area contributed by atoms with Crippen LogP contribution in [0.25, 0.3) is 0 Å². The molecule has 5 rings (SSSR count). The van der Waals surface area contributed by atoms with Crippen LogP contribution in [-0.2, 0) is 32.5 Å². The quantitative estimate of drug-likeness (QED) is 0.638. The van der Waals surface area contributed by atoms with Gasteiger partial charge in [-0.15, -0.1) is 0 Å². The highest BCUT2D eigenvalue weighted by Gasteiger charge is 2.49. The zero-order valence-electron chi connectivity index (χ0n) is 18.4. The summed E-state index contributed by atoms with van der Waals surface area (Å²) in [7, 11) is -7.31. The van der Waals surface area contributed by atoms with E-state index in [1.807, 2.05) is 11.0 Å². The van der Waals surface area contributed by atoms with E-state index in [-0.39, 0.29) is 28.1 Å². The first kappa shape index (κ1) is 22.6. The van der Waals surface area contributed by atoms with Crippen molar-refractivity contribution in [3.8, 4) is 0 Å². The maximum atomic E-state index is 13.6. The molecule has 33 heavy (non-hydrogen) atoms. The Labute approximate surface area is 194 Å². The van der Waals surface area contributed by atoms with Crippen molar-refractivity contribution in [2.75, 3.05) is 37.7 Å². The molecule has 10 heteroatoms. The lowest BCUT2D eigenvalue weighted by Gasteiger charge is -2.39. The smallest absolute Gasteiger partial charge is 0.289 e. The molecule has 2 atom stereocenters. The first-order valence-electron chi connectivity index (χ1n) is 11.4. The van der Waals surface area contributed by atoms with Crippen LogP contribution in [0.3, 0.4) is 0 Å². The molecular weight excluding hydrogens is 464 g/mol. The molecule has 2 saturated heterocycles. The molecule has 8 nitrogen and oxygen atoms in total. The Morgan fingerprint density at radius 2 is 1.70 bits per heavy atom. The van der Waals surface area contributed by atoms with Gasteiger partial charge in [0.05, 0.1) is 27.9 Å². The molecule has 2 fully saturated rings. The third-order valence-corrected chi connectivity index (χ3v) is 11.2. The maximum Gasteiger partial charge on any atom is 0.289 e. The lowest BCUT2D eigenvalue weighted by atomic mass is 9.92. The van der Waals surface area contributed by atoms with Crippen LogP contribution in [0.15, 0.2) is 45.9 Å². The van der Waals surface area contributed by atoms with Crippen molar-refractivity contribution < 1.29 is 26.0 Å². The molecule has 3 aliphatic rings. The first-order chi connectivity index (χ1) is 15.7. The second-order valence-corrected chi connectivity index (χ2v) is 13.5. The van der Waals surface area contributed by atoms with Gasteiger partial charge in [0.2, 0.25) is 0 Å². The second-order valence-electron chi connectivity index (χ2n) is 9.17. The Bertz CT molecular complexity index is 1250. The van der Waals surface area contributed by atoms with E-state index in [9.17, 15) is 21.6 Å². The van der Waals surface area contributed by atoms with Gasteiger partial charge in [0.15, 0.2) is 25.4 Å². The maximum absolute atomic E-state index is 13.6. The van der Waals surface area contributed by atoms with Crippen molar-refractivity contribution in [3.05, 3.63) is 53.5 Å². The summed E-state index contributed by atoms with van der Waals surface area (Å²) in [6.45, 7) is 1.62. The standard InChI is InChI=1S/C23H28N2O6S2/c26-23(21-6-3-13-31-21)25-11-9-24(10-12-25)20-15-32(27,28)16-22(20)33(29,30)19-8-7-17-4-1-2-5-18(17)14-19/h3,6-8,13-14,20,22H,1-2,4-5,9-12,15-16H2/t20-,22-/m0/s1. The largest absolute Gasteiger partial charge is 0.459 e. The monoisotopic (exact) mass is 492 g/mol. The molecule has 0 spiro atoms. The zero-order chi connectivity index (χ0) is 23.2. The van der Waals surface area contributed by atoms with Gasteiger partial charge >= 0.3 is 0 Å². The van der Waals surface area contributed by atoms with Gasteiger partial charge in [-0.2, -0.15) is 0 Å². The highest BCUT2D eigenvalue weighted by molar-refractivity contribution is 7.96. The van der Waals surface area contributed by atoms with Crippen molar-refractivity contribution >= 4 is 25.6 Å². The number of furan rings is 1. The van der Waals surface area contributed by atoms with Gasteiger partial charge in [-0.25, -0.2) is 16.8 Å². The Balaban J connectivity index is 1.36. The number of carbonyl (C=O) groups excluding carboxylic acids is 1. The van der Waals surface area contributed by atoms with Crippen LogP contribution in [-0.4, -0.2) is 81.5 Å². The fraction of sp³-hybridized carbons (Fsp3) is 0.522. The highest BCUT2D eigenvalue weighted by Crippen LogP contribution is 2.32. The SMILES string of the molecule is O=C(c1ccco1)N1CCN([C@H]2CS(=O)(=O)C[C@@H]2S(=O)(=O)c2ccc3c(c2)CCCC3)CC1. The van der Waals surface area contributed by atoms with E-state index in [1.54, 1.807) is 29.2 Å². The van der Waals surface area contributed by atoms with E-state index in [4.69, 9.17) is 4.42 Å². The topological polar surface area (TPSA) is 105 Å². The average molecular weight is 493 g/mol. The molecule has 1 aliphatic carbocycles. The van der Waals surface area contributed by atoms with Crippen LogP contribution in [0.1, 0.15) is 34.5 Å². The number of aryl methyl sites for hydroxylation is 2. The predicted octanol–water partition coefficient (Wildman–Crippen LogP) is 1.56. The third-order valence-electron chi connectivity index (χ3n) is 7.12. The van der Waals surface area contributed by atoms with E-state index in [2.05, 4.69) is 0 Å². The van der Waals surface area contributed by atoms with Gasteiger partial charge in [-0.1, -0.05) is 6.07 Å². The number of benzene rings is 1. The van der Waals surface area contributed by atoms with Crippen LogP contribution < -0.4 is 0 Å². The number of fused-ring (bicyclic) bond motifs is 1. The first-order valence-corrected chi connectivity index (χ1v) is 14.7. The molecule has 2 aromatic rings. The molecule has 0 saturated carbocycles. The van der Waals surface area contributed by atoms with E-state index in [1.165, 1.54) is 11.8 Å². The van der Waals surface area contributed by atoms with E-state index in [0.717, 1.165) is 31.2 Å². The number of sulfone groups is 2. The van der Waals surface area contributed by atoms with Crippen molar-refractivity contribution in [1.29, 1.82) is 0 Å². The van der Waals surface area contributed by atoms with Gasteiger partial charge in [0.1, 0.15) is 0 Å². The number of amides is 1. The van der Waals surface area contributed by atoms with E-state index in [0.29, 0.717) is 26.2 Å². The van der Waals surface area contributed by atoms with Crippen molar-refractivity contribution in [1.82, 2.24) is 9.80 Å². The number of rotatable bonds is 4. The average Bonchev–Trinajstić information content (AvgIpc) is 3.46. The van der Waals surface area contributed by atoms with Crippen molar-refractivity contribution in [3.63, 3.8) is 0 Å². The van der Waals surface area contributed by atoms with Gasteiger partial charge in [-0.05, 0) is 61.1 Å². The zero-order valence-corrected chi connectivity index (χ0v) is 20.0. The summed E-state index contributed by atoms with van der Waals surface area (Å²) in [4.78, 5) is 16.3. The number of hydrogen-bond donors (Lipinski definition) is 0. The van der Waals surface area contributed by atoms with Crippen molar-refractivity contribution in [2.24, 2.45) is 0 Å². The normalized spacial score (nSPS) is 25.6. The van der Waals surface area contributed by atoms with E-state index < -0.39 is 31.0 Å². The Morgan fingerprint density at radius 1 is 0.970 bits per heavy atom. The molecule has 1 aromatic carbocycles. The van der Waals surface area contributed by atoms with Gasteiger partial charge in [0.25, 0.3) is 5.91 Å². The Kier molecular flexibility index (Phi) is 5.86. The lowest BCUT2D eigenvalue weighted by molar-refractivity contribution is 0.0560. The summed E-state index contributed by atoms with van der Waals surface area (Å²) < 4.78 is 57.6. The summed E-state index contributed by atoms with van der Waals surface area (Å²) in [5.41, 5.74) is 2.25. The molecule has 1 amide bonds. The van der Waals surface area contributed by atoms with Crippen molar-refractivity contribution in [2.45, 2.75) is 41.9 Å². The summed E-state index contributed by atoms with van der Waals surface area (Å²) in [6.07, 6.45) is 5.41. The molecule has 0 radical (unpaired) electrons. The van der Waals surface area contributed by atoms with Gasteiger partial charge < -0.3 is 9.32 Å². The van der Waals surface area contributed by atoms with Gasteiger partial charge in [-0.3, -0.25) is 9.69 Å². The summed E-state index contributed by atoms with van der Waals surface area (Å²) in [6, 6.07) is 7.94. The number of piperazine rings is 1. The number of nitrogens with zero attached hydrogens (tertiary/aromatic N) is 2. The minimum Gasteiger partial charge on any atom is -0.459 e. The third kappa shape index (κ3) is 4.36. The molecule has 0 bridgehead atoms. The summed E-state index contributed by atoms with van der Waals surface area (Å²) in [5, 5.41) is -1.00. The second kappa shape index (κ2) is 8.56. The van der Waals surface area contributed by atoms with Crippen LogP contribution in [0.5, 0.6) is 0 Å². The number of carbonyl (C=O) groups is 1. The fourth-order valence-electron chi connectivity index (χ4n) is 5.31. The molecule has 3 heterocycles. The molecule has 1 aromatic heterocycles. The molecule has 0 N–H and O–H groups in total.